The molecule has 1 saturated heterocycles. The Balaban J connectivity index is 1.90. The zero-order valence-corrected chi connectivity index (χ0v) is 12.7. The van der Waals surface area contributed by atoms with Crippen LogP contribution >= 0.6 is 15.9 Å². The number of sulfonamides is 1. The van der Waals surface area contributed by atoms with Crippen LogP contribution in [0.15, 0.2) is 0 Å². The summed E-state index contributed by atoms with van der Waals surface area (Å²) in [5, 5.41) is 0.919. The molecule has 100 valence electrons. The van der Waals surface area contributed by atoms with Crippen LogP contribution in [0.3, 0.4) is 0 Å². The fourth-order valence-corrected chi connectivity index (χ4v) is 5.42. The number of halogens is 1. The Bertz CT molecular complexity index is 338. The molecule has 1 aliphatic carbocycles. The molecule has 0 aromatic carbocycles. The first-order chi connectivity index (χ1) is 8.12. The largest absolute Gasteiger partial charge is 0.214 e. The molecule has 2 fully saturated rings. The van der Waals surface area contributed by atoms with Gasteiger partial charge in [-0.1, -0.05) is 35.2 Å². The van der Waals surface area contributed by atoms with E-state index in [2.05, 4.69) is 15.9 Å². The van der Waals surface area contributed by atoms with Gasteiger partial charge in [-0.25, -0.2) is 12.7 Å². The lowest BCUT2D eigenvalue weighted by Gasteiger charge is -2.24. The molecular weight excluding hydrogens is 302 g/mol. The van der Waals surface area contributed by atoms with Gasteiger partial charge in [0.15, 0.2) is 0 Å². The van der Waals surface area contributed by atoms with Crippen molar-refractivity contribution >= 4 is 26.0 Å². The van der Waals surface area contributed by atoms with E-state index in [1.165, 1.54) is 19.3 Å². The molecule has 3 nitrogen and oxygen atoms in total. The van der Waals surface area contributed by atoms with E-state index in [0.717, 1.165) is 37.7 Å². The third-order valence-electron chi connectivity index (χ3n) is 4.03. The second kappa shape index (κ2) is 6.02. The molecule has 5 heteroatoms. The maximum atomic E-state index is 12.3. The van der Waals surface area contributed by atoms with E-state index in [4.69, 9.17) is 0 Å². The van der Waals surface area contributed by atoms with Crippen molar-refractivity contribution in [3.8, 4) is 0 Å². The average molecular weight is 324 g/mol. The third-order valence-corrected chi connectivity index (χ3v) is 6.96. The zero-order chi connectivity index (χ0) is 12.3. The van der Waals surface area contributed by atoms with Gasteiger partial charge in [0.05, 0.1) is 5.75 Å². The molecule has 1 saturated carbocycles. The highest BCUT2D eigenvalue weighted by molar-refractivity contribution is 9.09. The van der Waals surface area contributed by atoms with Crippen LogP contribution in [0.4, 0.5) is 0 Å². The maximum absolute atomic E-state index is 12.3. The van der Waals surface area contributed by atoms with Gasteiger partial charge in [0.25, 0.3) is 0 Å². The summed E-state index contributed by atoms with van der Waals surface area (Å²) in [6.07, 6.45) is 6.93. The Kier molecular flexibility index (Phi) is 4.89. The van der Waals surface area contributed by atoms with Gasteiger partial charge in [0, 0.05) is 18.4 Å². The van der Waals surface area contributed by atoms with Crippen LogP contribution in [0.2, 0.25) is 0 Å². The van der Waals surface area contributed by atoms with Gasteiger partial charge in [-0.15, -0.1) is 0 Å². The predicted octanol–water partition coefficient (Wildman–Crippen LogP) is 2.61. The molecule has 2 aliphatic rings. The molecule has 0 amide bonds. The summed E-state index contributed by atoms with van der Waals surface area (Å²) in [7, 11) is -2.99. The predicted molar refractivity (Wildman–Crippen MR) is 73.8 cm³/mol. The number of nitrogens with zero attached hydrogens (tertiary/aromatic N) is 1. The Morgan fingerprint density at radius 1 is 1.06 bits per heavy atom. The van der Waals surface area contributed by atoms with Crippen molar-refractivity contribution in [2.24, 2.45) is 11.8 Å². The molecule has 2 rings (SSSR count). The summed E-state index contributed by atoms with van der Waals surface area (Å²) >= 11 is 3.45. The number of alkyl halides is 1. The minimum absolute atomic E-state index is 0.391. The Labute approximate surface area is 113 Å². The minimum Gasteiger partial charge on any atom is -0.212 e. The second-order valence-corrected chi connectivity index (χ2v) is 8.11. The summed E-state index contributed by atoms with van der Waals surface area (Å²) in [5.41, 5.74) is 0. The quantitative estimate of drug-likeness (QED) is 0.746. The van der Waals surface area contributed by atoms with E-state index in [1.54, 1.807) is 4.31 Å². The summed E-state index contributed by atoms with van der Waals surface area (Å²) in [6.45, 7) is 1.45. The first-order valence-corrected chi connectivity index (χ1v) is 9.38. The minimum atomic E-state index is -2.99. The van der Waals surface area contributed by atoms with Gasteiger partial charge in [0.1, 0.15) is 0 Å². The van der Waals surface area contributed by atoms with Crippen LogP contribution in [0.5, 0.6) is 0 Å². The van der Waals surface area contributed by atoms with Crippen molar-refractivity contribution < 1.29 is 8.42 Å². The van der Waals surface area contributed by atoms with Gasteiger partial charge in [-0.2, -0.15) is 0 Å². The second-order valence-electron chi connectivity index (χ2n) is 5.45. The van der Waals surface area contributed by atoms with E-state index in [0.29, 0.717) is 17.6 Å². The van der Waals surface area contributed by atoms with Crippen LogP contribution < -0.4 is 0 Å². The highest BCUT2D eigenvalue weighted by Gasteiger charge is 2.32. The standard InChI is InChI=1S/C12H22BrNO2S/c13-8-12-6-7-14(9-12)17(15,16)10-11-4-2-1-3-5-11/h11-12H,1-10H2. The first-order valence-electron chi connectivity index (χ1n) is 6.65. The van der Waals surface area contributed by atoms with Crippen molar-refractivity contribution in [2.75, 3.05) is 24.2 Å². The highest BCUT2D eigenvalue weighted by Crippen LogP contribution is 2.28. The molecule has 0 N–H and O–H groups in total. The molecule has 0 aromatic rings. The lowest BCUT2D eigenvalue weighted by Crippen LogP contribution is -2.34. The SMILES string of the molecule is O=S(=O)(CC1CCCCC1)N1CCC(CBr)C1. The fraction of sp³-hybridized carbons (Fsp3) is 1.00. The van der Waals surface area contributed by atoms with E-state index >= 15 is 0 Å². The van der Waals surface area contributed by atoms with E-state index in [1.807, 2.05) is 0 Å². The van der Waals surface area contributed by atoms with Gasteiger partial charge in [-0.05, 0) is 31.1 Å². The molecule has 0 spiro atoms. The molecule has 1 atom stereocenters. The molecule has 0 bridgehead atoms. The van der Waals surface area contributed by atoms with Gasteiger partial charge >= 0.3 is 0 Å². The first kappa shape index (κ1) is 13.8. The highest BCUT2D eigenvalue weighted by atomic mass is 79.9. The molecule has 0 radical (unpaired) electrons. The van der Waals surface area contributed by atoms with Gasteiger partial charge < -0.3 is 0 Å². The molecule has 0 aromatic heterocycles. The number of rotatable bonds is 4. The summed E-state index contributed by atoms with van der Waals surface area (Å²) in [5.74, 6) is 1.31. The van der Waals surface area contributed by atoms with Crippen molar-refractivity contribution in [1.29, 1.82) is 0 Å². The van der Waals surface area contributed by atoms with Crippen molar-refractivity contribution in [1.82, 2.24) is 4.31 Å². The summed E-state index contributed by atoms with van der Waals surface area (Å²) in [4.78, 5) is 0. The maximum Gasteiger partial charge on any atom is 0.214 e. The Hall–Kier alpha value is 0.390. The van der Waals surface area contributed by atoms with E-state index < -0.39 is 10.0 Å². The van der Waals surface area contributed by atoms with E-state index in [-0.39, 0.29) is 0 Å². The van der Waals surface area contributed by atoms with Gasteiger partial charge in [0.2, 0.25) is 10.0 Å². The number of hydrogen-bond donors (Lipinski definition) is 0. The van der Waals surface area contributed by atoms with Crippen molar-refractivity contribution in [3.63, 3.8) is 0 Å². The topological polar surface area (TPSA) is 37.4 Å². The van der Waals surface area contributed by atoms with Crippen molar-refractivity contribution in [3.05, 3.63) is 0 Å². The summed E-state index contributed by atoms with van der Waals surface area (Å²) < 4.78 is 26.3. The van der Waals surface area contributed by atoms with Crippen molar-refractivity contribution in [2.45, 2.75) is 38.5 Å². The van der Waals surface area contributed by atoms with Crippen LogP contribution in [-0.4, -0.2) is 36.9 Å². The van der Waals surface area contributed by atoms with Crippen LogP contribution in [-0.2, 0) is 10.0 Å². The Morgan fingerprint density at radius 3 is 2.35 bits per heavy atom. The molecular formula is C12H22BrNO2S. The van der Waals surface area contributed by atoms with E-state index in [9.17, 15) is 8.42 Å². The van der Waals surface area contributed by atoms with Crippen LogP contribution in [0, 0.1) is 11.8 Å². The number of hydrogen-bond acceptors (Lipinski definition) is 2. The lowest BCUT2D eigenvalue weighted by molar-refractivity contribution is 0.375. The molecule has 17 heavy (non-hydrogen) atoms. The monoisotopic (exact) mass is 323 g/mol. The molecule has 1 heterocycles. The normalized spacial score (nSPS) is 28.6. The van der Waals surface area contributed by atoms with Gasteiger partial charge in [-0.3, -0.25) is 0 Å². The lowest BCUT2D eigenvalue weighted by atomic mass is 9.91. The average Bonchev–Trinajstić information content (AvgIpc) is 2.79. The molecule has 1 aliphatic heterocycles. The fourth-order valence-electron chi connectivity index (χ4n) is 2.93. The Morgan fingerprint density at radius 2 is 1.76 bits per heavy atom. The smallest absolute Gasteiger partial charge is 0.212 e. The molecule has 1 unspecified atom stereocenters. The van der Waals surface area contributed by atoms with Crippen LogP contribution in [0.1, 0.15) is 38.5 Å². The summed E-state index contributed by atoms with van der Waals surface area (Å²) in [6, 6.07) is 0. The third kappa shape index (κ3) is 3.67. The van der Waals surface area contributed by atoms with Crippen LogP contribution in [0.25, 0.3) is 0 Å². The zero-order valence-electron chi connectivity index (χ0n) is 10.3.